The van der Waals surface area contributed by atoms with Crippen molar-refractivity contribution in [3.05, 3.63) is 43.9 Å². The van der Waals surface area contributed by atoms with Gasteiger partial charge in [-0.1, -0.05) is 0 Å². The third-order valence-electron chi connectivity index (χ3n) is 4.04. The fraction of sp³-hybridized carbons (Fsp3) is 0.474. The molecule has 2 aromatic rings. The zero-order valence-electron chi connectivity index (χ0n) is 16.7. The number of thiazole rings is 1. The predicted molar refractivity (Wildman–Crippen MR) is 109 cm³/mol. The largest absolute Gasteiger partial charge is 0.493 e. The Morgan fingerprint density at radius 2 is 2.03 bits per heavy atom. The molecule has 0 bridgehead atoms. The molecule has 1 N–H and O–H groups in total. The summed E-state index contributed by atoms with van der Waals surface area (Å²) in [7, 11) is 2.93. The molecule has 158 valence electrons. The molecule has 1 amide bonds. The molecule has 0 saturated heterocycles. The van der Waals surface area contributed by atoms with Crippen LogP contribution >= 0.6 is 11.3 Å². The van der Waals surface area contributed by atoms with E-state index in [0.29, 0.717) is 13.2 Å². The number of nitrogens with one attached hydrogen (secondary N) is 1. The van der Waals surface area contributed by atoms with Gasteiger partial charge in [0.15, 0.2) is 11.5 Å². The normalized spacial score (nSPS) is 10.6. The number of hydrogen-bond acceptors (Lipinski definition) is 8. The molecule has 2 rings (SSSR count). The Morgan fingerprint density at radius 3 is 2.66 bits per heavy atom. The molecule has 0 spiro atoms. The number of methoxy groups -OCH3 is 2. The first kappa shape index (κ1) is 22.6. The third-order valence-corrected chi connectivity index (χ3v) is 5.06. The standard InChI is InChI=1S/C19H25N3O6S/c1-13-12-29-18(21-13)6-4-5-7-20-19(23)14-10-16(27-3)17(28-9-8-26-2)11-15(14)22(24)25/h10-12H,4-9H2,1-3H3,(H,20,23). The molecule has 0 aliphatic carbocycles. The highest BCUT2D eigenvalue weighted by atomic mass is 32.1. The van der Waals surface area contributed by atoms with E-state index in [1.165, 1.54) is 26.4 Å². The van der Waals surface area contributed by atoms with Crippen molar-refractivity contribution in [3.8, 4) is 11.5 Å². The predicted octanol–water partition coefficient (Wildman–Crippen LogP) is 3.15. The van der Waals surface area contributed by atoms with Crippen molar-refractivity contribution in [3.63, 3.8) is 0 Å². The lowest BCUT2D eigenvalue weighted by Crippen LogP contribution is -2.25. The van der Waals surface area contributed by atoms with Gasteiger partial charge in [-0.05, 0) is 26.2 Å². The second kappa shape index (κ2) is 11.3. The molecule has 0 atom stereocenters. The van der Waals surface area contributed by atoms with Gasteiger partial charge >= 0.3 is 0 Å². The van der Waals surface area contributed by atoms with E-state index in [4.69, 9.17) is 14.2 Å². The number of nitro groups is 1. The van der Waals surface area contributed by atoms with E-state index in [1.54, 1.807) is 11.3 Å². The molecule has 0 fully saturated rings. The van der Waals surface area contributed by atoms with Crippen molar-refractivity contribution in [2.24, 2.45) is 0 Å². The summed E-state index contributed by atoms with van der Waals surface area (Å²) >= 11 is 1.62. The number of aromatic nitrogens is 1. The van der Waals surface area contributed by atoms with Gasteiger partial charge in [0.05, 0.1) is 29.7 Å². The summed E-state index contributed by atoms with van der Waals surface area (Å²) in [6.07, 6.45) is 2.45. The summed E-state index contributed by atoms with van der Waals surface area (Å²) in [6, 6.07) is 2.53. The van der Waals surface area contributed by atoms with Crippen molar-refractivity contribution in [1.29, 1.82) is 0 Å². The van der Waals surface area contributed by atoms with Crippen LogP contribution < -0.4 is 14.8 Å². The molecule has 0 radical (unpaired) electrons. The number of benzene rings is 1. The van der Waals surface area contributed by atoms with Crippen LogP contribution in [0.1, 0.15) is 33.9 Å². The summed E-state index contributed by atoms with van der Waals surface area (Å²) in [6.45, 7) is 2.89. The smallest absolute Gasteiger partial charge is 0.286 e. The summed E-state index contributed by atoms with van der Waals surface area (Å²) in [4.78, 5) is 27.7. The van der Waals surface area contributed by atoms with Gasteiger partial charge in [0, 0.05) is 30.8 Å². The van der Waals surface area contributed by atoms with Crippen LogP contribution in [0.25, 0.3) is 0 Å². The zero-order valence-corrected chi connectivity index (χ0v) is 17.5. The van der Waals surface area contributed by atoms with Crippen LogP contribution in [0.2, 0.25) is 0 Å². The molecule has 1 aromatic carbocycles. The highest BCUT2D eigenvalue weighted by molar-refractivity contribution is 7.09. The first-order valence-electron chi connectivity index (χ1n) is 9.13. The molecule has 0 unspecified atom stereocenters. The maximum absolute atomic E-state index is 12.5. The van der Waals surface area contributed by atoms with Crippen LogP contribution in [0, 0.1) is 17.0 Å². The Balaban J connectivity index is 1.98. The number of amides is 1. The van der Waals surface area contributed by atoms with Crippen molar-refractivity contribution in [1.82, 2.24) is 10.3 Å². The van der Waals surface area contributed by atoms with Crippen molar-refractivity contribution in [2.45, 2.75) is 26.2 Å². The Hall–Kier alpha value is -2.72. The summed E-state index contributed by atoms with van der Waals surface area (Å²) in [5.74, 6) is -0.0916. The number of unbranched alkanes of at least 4 members (excludes halogenated alkanes) is 1. The van der Waals surface area contributed by atoms with E-state index in [1.807, 2.05) is 12.3 Å². The molecular formula is C19H25N3O6S. The first-order chi connectivity index (χ1) is 14.0. The van der Waals surface area contributed by atoms with Crippen LogP contribution in [0.5, 0.6) is 11.5 Å². The second-order valence-electron chi connectivity index (χ2n) is 6.21. The maximum atomic E-state index is 12.5. The molecule has 9 nitrogen and oxygen atoms in total. The van der Waals surface area contributed by atoms with Gasteiger partial charge in [-0.3, -0.25) is 14.9 Å². The van der Waals surface area contributed by atoms with Crippen LogP contribution in [0.15, 0.2) is 17.5 Å². The quantitative estimate of drug-likeness (QED) is 0.317. The fourth-order valence-corrected chi connectivity index (χ4v) is 3.42. The van der Waals surface area contributed by atoms with Gasteiger partial charge in [0.25, 0.3) is 11.6 Å². The Morgan fingerprint density at radius 1 is 1.24 bits per heavy atom. The number of aryl methyl sites for hydroxylation is 2. The van der Waals surface area contributed by atoms with Crippen molar-refractivity contribution in [2.75, 3.05) is 34.0 Å². The molecule has 0 saturated carbocycles. The van der Waals surface area contributed by atoms with E-state index >= 15 is 0 Å². The zero-order chi connectivity index (χ0) is 21.2. The Bertz CT molecular complexity index is 839. The molecule has 29 heavy (non-hydrogen) atoms. The Kier molecular flexibility index (Phi) is 8.81. The fourth-order valence-electron chi connectivity index (χ4n) is 2.61. The third kappa shape index (κ3) is 6.68. The van der Waals surface area contributed by atoms with Gasteiger partial charge in [0.2, 0.25) is 0 Å². The van der Waals surface area contributed by atoms with Gasteiger partial charge in [-0.25, -0.2) is 4.98 Å². The SMILES string of the molecule is COCCOc1cc([N+](=O)[O-])c(C(=O)NCCCCc2nc(C)cs2)cc1OC. The number of carbonyl (C=O) groups is 1. The molecule has 0 aliphatic heterocycles. The molecule has 1 aromatic heterocycles. The maximum Gasteiger partial charge on any atom is 0.286 e. The number of ether oxygens (including phenoxy) is 3. The summed E-state index contributed by atoms with van der Waals surface area (Å²) in [5.41, 5.74) is 0.602. The molecule has 1 heterocycles. The highest BCUT2D eigenvalue weighted by Crippen LogP contribution is 2.34. The molecule has 0 aliphatic rings. The molecular weight excluding hydrogens is 398 g/mol. The summed E-state index contributed by atoms with van der Waals surface area (Å²) in [5, 5.41) is 17.2. The second-order valence-corrected chi connectivity index (χ2v) is 7.16. The number of rotatable bonds is 12. The van der Waals surface area contributed by atoms with E-state index in [0.717, 1.165) is 30.0 Å². The molecule has 10 heteroatoms. The van der Waals surface area contributed by atoms with Gasteiger partial charge in [-0.2, -0.15) is 0 Å². The van der Waals surface area contributed by atoms with Gasteiger partial charge in [-0.15, -0.1) is 11.3 Å². The van der Waals surface area contributed by atoms with E-state index in [2.05, 4.69) is 10.3 Å². The van der Waals surface area contributed by atoms with Crippen LogP contribution in [0.4, 0.5) is 5.69 Å². The minimum Gasteiger partial charge on any atom is -0.493 e. The van der Waals surface area contributed by atoms with Gasteiger partial charge in [0.1, 0.15) is 12.2 Å². The minimum absolute atomic E-state index is 0.0681. The van der Waals surface area contributed by atoms with Gasteiger partial charge < -0.3 is 19.5 Å². The number of hydrogen-bond donors (Lipinski definition) is 1. The number of nitrogens with zero attached hydrogens (tertiary/aromatic N) is 2. The Labute approximate surface area is 173 Å². The van der Waals surface area contributed by atoms with Crippen molar-refractivity contribution >= 4 is 22.9 Å². The lowest BCUT2D eigenvalue weighted by molar-refractivity contribution is -0.385. The van der Waals surface area contributed by atoms with Crippen LogP contribution in [-0.4, -0.2) is 49.8 Å². The lowest BCUT2D eigenvalue weighted by atomic mass is 10.1. The minimum atomic E-state index is -0.609. The van der Waals surface area contributed by atoms with Crippen molar-refractivity contribution < 1.29 is 23.9 Å². The van der Waals surface area contributed by atoms with Crippen LogP contribution in [0.3, 0.4) is 0 Å². The van der Waals surface area contributed by atoms with E-state index < -0.39 is 10.8 Å². The van der Waals surface area contributed by atoms with Crippen LogP contribution in [-0.2, 0) is 11.2 Å². The number of carbonyl (C=O) groups excluding carboxylic acids is 1. The lowest BCUT2D eigenvalue weighted by Gasteiger charge is -2.12. The average Bonchev–Trinajstić information content (AvgIpc) is 3.12. The first-order valence-corrected chi connectivity index (χ1v) is 10.0. The topological polar surface area (TPSA) is 113 Å². The highest BCUT2D eigenvalue weighted by Gasteiger charge is 2.24. The monoisotopic (exact) mass is 423 g/mol. The summed E-state index contributed by atoms with van der Waals surface area (Å²) < 4.78 is 15.6. The van der Waals surface area contributed by atoms with E-state index in [-0.39, 0.29) is 29.4 Å². The van der Waals surface area contributed by atoms with E-state index in [9.17, 15) is 14.9 Å². The average molecular weight is 423 g/mol. The number of nitro benzene ring substituents is 1.